The molecule has 0 aromatic rings. The zero-order valence-corrected chi connectivity index (χ0v) is 12.2. The molecular weight excluding hydrogens is 226 g/mol. The van der Waals surface area contributed by atoms with E-state index in [1.165, 1.54) is 38.9 Å². The predicted octanol–water partition coefficient (Wildman–Crippen LogP) is 0.639. The maximum absolute atomic E-state index is 5.75. The van der Waals surface area contributed by atoms with E-state index in [4.69, 9.17) is 4.74 Å². The maximum Gasteiger partial charge on any atom is 0.0546 e. The van der Waals surface area contributed by atoms with E-state index in [1.807, 2.05) is 0 Å². The molecule has 2 rings (SSSR count). The molecule has 2 saturated heterocycles. The smallest absolute Gasteiger partial charge is 0.0546 e. The molecule has 0 spiro atoms. The lowest BCUT2D eigenvalue weighted by Crippen LogP contribution is -2.48. The van der Waals surface area contributed by atoms with E-state index >= 15 is 0 Å². The largest absolute Gasteiger partial charge is 0.381 e. The van der Waals surface area contributed by atoms with Gasteiger partial charge in [-0.15, -0.1) is 0 Å². The van der Waals surface area contributed by atoms with Crippen LogP contribution in [0.25, 0.3) is 0 Å². The van der Waals surface area contributed by atoms with Gasteiger partial charge >= 0.3 is 0 Å². The van der Waals surface area contributed by atoms with Crippen molar-refractivity contribution in [1.82, 2.24) is 15.1 Å². The first kappa shape index (κ1) is 14.3. The summed E-state index contributed by atoms with van der Waals surface area (Å²) in [5.41, 5.74) is 0.341. The van der Waals surface area contributed by atoms with Gasteiger partial charge in [0, 0.05) is 37.7 Å². The minimum absolute atomic E-state index is 0.341. The standard InChI is InChI=1S/C14H29N3O/c1-15-10-14(6-4-8-18-12-14)11-17-7-5-13(9-17)16(2)3/h13,15H,4-12H2,1-3H3. The van der Waals surface area contributed by atoms with Gasteiger partial charge in [0.05, 0.1) is 6.61 Å². The maximum atomic E-state index is 5.75. The van der Waals surface area contributed by atoms with Crippen LogP contribution in [0.1, 0.15) is 19.3 Å². The van der Waals surface area contributed by atoms with Gasteiger partial charge in [0.15, 0.2) is 0 Å². The van der Waals surface area contributed by atoms with Crippen molar-refractivity contribution in [2.75, 3.05) is 60.5 Å². The molecule has 2 fully saturated rings. The summed E-state index contributed by atoms with van der Waals surface area (Å²) in [5, 5.41) is 3.37. The topological polar surface area (TPSA) is 27.7 Å². The molecule has 0 aromatic heterocycles. The average Bonchev–Trinajstić information content (AvgIpc) is 2.79. The normalized spacial score (nSPS) is 34.3. The summed E-state index contributed by atoms with van der Waals surface area (Å²) in [7, 11) is 6.45. The predicted molar refractivity (Wildman–Crippen MR) is 74.9 cm³/mol. The molecule has 0 bridgehead atoms. The molecule has 2 atom stereocenters. The van der Waals surface area contributed by atoms with Gasteiger partial charge < -0.3 is 19.9 Å². The fourth-order valence-electron chi connectivity index (χ4n) is 3.46. The third kappa shape index (κ3) is 3.44. The summed E-state index contributed by atoms with van der Waals surface area (Å²) in [6.45, 7) is 6.61. The first-order valence-corrected chi connectivity index (χ1v) is 7.26. The van der Waals surface area contributed by atoms with Gasteiger partial charge in [0.25, 0.3) is 0 Å². The molecule has 106 valence electrons. The molecule has 0 aliphatic carbocycles. The van der Waals surface area contributed by atoms with Crippen LogP contribution in [0.5, 0.6) is 0 Å². The molecule has 2 aliphatic heterocycles. The van der Waals surface area contributed by atoms with E-state index in [0.717, 1.165) is 25.8 Å². The molecule has 1 N–H and O–H groups in total. The summed E-state index contributed by atoms with van der Waals surface area (Å²) in [6, 6.07) is 0.737. The molecule has 2 aliphatic rings. The van der Waals surface area contributed by atoms with Gasteiger partial charge in [-0.2, -0.15) is 0 Å². The lowest BCUT2D eigenvalue weighted by atomic mass is 9.82. The van der Waals surface area contributed by atoms with Crippen LogP contribution in [0, 0.1) is 5.41 Å². The number of likely N-dealkylation sites (tertiary alicyclic amines) is 1. The van der Waals surface area contributed by atoms with Gasteiger partial charge in [0.1, 0.15) is 0 Å². The van der Waals surface area contributed by atoms with Crippen molar-refractivity contribution >= 4 is 0 Å². The van der Waals surface area contributed by atoms with Crippen molar-refractivity contribution in [2.45, 2.75) is 25.3 Å². The number of likely N-dealkylation sites (N-methyl/N-ethyl adjacent to an activating group) is 1. The second-order valence-electron chi connectivity index (χ2n) is 6.33. The number of hydrogen-bond donors (Lipinski definition) is 1. The minimum Gasteiger partial charge on any atom is -0.381 e. The molecule has 0 aromatic carbocycles. The Morgan fingerprint density at radius 2 is 2.28 bits per heavy atom. The van der Waals surface area contributed by atoms with Gasteiger partial charge in [-0.25, -0.2) is 0 Å². The summed E-state index contributed by atoms with van der Waals surface area (Å²) >= 11 is 0. The molecule has 18 heavy (non-hydrogen) atoms. The average molecular weight is 255 g/mol. The highest BCUT2D eigenvalue weighted by Crippen LogP contribution is 2.30. The monoisotopic (exact) mass is 255 g/mol. The Balaban J connectivity index is 1.89. The van der Waals surface area contributed by atoms with Gasteiger partial charge in [0.2, 0.25) is 0 Å². The van der Waals surface area contributed by atoms with Crippen molar-refractivity contribution in [3.8, 4) is 0 Å². The summed E-state index contributed by atoms with van der Waals surface area (Å²) in [4.78, 5) is 5.00. The Hall–Kier alpha value is -0.160. The zero-order chi connectivity index (χ0) is 13.0. The van der Waals surface area contributed by atoms with Crippen LogP contribution in [0.15, 0.2) is 0 Å². The third-order valence-electron chi connectivity index (χ3n) is 4.49. The van der Waals surface area contributed by atoms with Gasteiger partial charge in [-0.3, -0.25) is 0 Å². The second kappa shape index (κ2) is 6.33. The first-order chi connectivity index (χ1) is 8.65. The summed E-state index contributed by atoms with van der Waals surface area (Å²) < 4.78 is 5.75. The van der Waals surface area contributed by atoms with Gasteiger partial charge in [-0.1, -0.05) is 0 Å². The van der Waals surface area contributed by atoms with Crippen LogP contribution in [0.3, 0.4) is 0 Å². The number of rotatable bonds is 5. The second-order valence-corrected chi connectivity index (χ2v) is 6.33. The summed E-state index contributed by atoms with van der Waals surface area (Å²) in [6.07, 6.45) is 3.83. The van der Waals surface area contributed by atoms with Crippen molar-refractivity contribution in [2.24, 2.45) is 5.41 Å². The fraction of sp³-hybridized carbons (Fsp3) is 1.00. The lowest BCUT2D eigenvalue weighted by molar-refractivity contribution is -0.0227. The Labute approximate surface area is 112 Å². The van der Waals surface area contributed by atoms with Gasteiger partial charge in [-0.05, 0) is 47.0 Å². The third-order valence-corrected chi connectivity index (χ3v) is 4.49. The molecule has 2 unspecified atom stereocenters. The van der Waals surface area contributed by atoms with E-state index in [-0.39, 0.29) is 0 Å². The van der Waals surface area contributed by atoms with Crippen LogP contribution in [0.2, 0.25) is 0 Å². The van der Waals surface area contributed by atoms with E-state index in [2.05, 4.69) is 36.3 Å². The van der Waals surface area contributed by atoms with Crippen LogP contribution in [-0.4, -0.2) is 76.4 Å². The quantitative estimate of drug-likeness (QED) is 0.780. The van der Waals surface area contributed by atoms with E-state index in [1.54, 1.807) is 0 Å². The fourth-order valence-corrected chi connectivity index (χ4v) is 3.46. The van der Waals surface area contributed by atoms with Crippen molar-refractivity contribution in [3.05, 3.63) is 0 Å². The minimum atomic E-state index is 0.341. The Morgan fingerprint density at radius 3 is 2.83 bits per heavy atom. The molecular formula is C14H29N3O. The number of ether oxygens (including phenoxy) is 1. The van der Waals surface area contributed by atoms with E-state index in [9.17, 15) is 0 Å². The number of nitrogens with one attached hydrogen (secondary N) is 1. The molecule has 0 radical (unpaired) electrons. The highest BCUT2D eigenvalue weighted by atomic mass is 16.5. The Bertz CT molecular complexity index is 246. The number of hydrogen-bond acceptors (Lipinski definition) is 4. The molecule has 0 amide bonds. The van der Waals surface area contributed by atoms with Crippen LogP contribution in [0.4, 0.5) is 0 Å². The first-order valence-electron chi connectivity index (χ1n) is 7.26. The lowest BCUT2D eigenvalue weighted by Gasteiger charge is -2.40. The summed E-state index contributed by atoms with van der Waals surface area (Å²) in [5.74, 6) is 0. The van der Waals surface area contributed by atoms with Crippen molar-refractivity contribution < 1.29 is 4.74 Å². The number of nitrogens with zero attached hydrogens (tertiary/aromatic N) is 2. The highest BCUT2D eigenvalue weighted by Gasteiger charge is 2.36. The molecule has 4 nitrogen and oxygen atoms in total. The molecule has 4 heteroatoms. The van der Waals surface area contributed by atoms with Crippen molar-refractivity contribution in [1.29, 1.82) is 0 Å². The van der Waals surface area contributed by atoms with E-state index in [0.29, 0.717) is 5.41 Å². The molecule has 2 heterocycles. The zero-order valence-electron chi connectivity index (χ0n) is 12.2. The van der Waals surface area contributed by atoms with Crippen LogP contribution < -0.4 is 5.32 Å². The van der Waals surface area contributed by atoms with E-state index < -0.39 is 0 Å². The SMILES string of the molecule is CNCC1(CN2CCC(N(C)C)C2)CCCOC1. The highest BCUT2D eigenvalue weighted by molar-refractivity contribution is 4.90. The Morgan fingerprint density at radius 1 is 1.44 bits per heavy atom. The van der Waals surface area contributed by atoms with Crippen LogP contribution in [-0.2, 0) is 4.74 Å². The molecule has 0 saturated carbocycles. The van der Waals surface area contributed by atoms with Crippen molar-refractivity contribution in [3.63, 3.8) is 0 Å². The van der Waals surface area contributed by atoms with Crippen LogP contribution >= 0.6 is 0 Å². The Kier molecular flexibility index (Phi) is 5.01.